The summed E-state index contributed by atoms with van der Waals surface area (Å²) in [4.78, 5) is 29.6. The largest absolute Gasteiger partial charge is 0.339 e. The molecule has 0 aliphatic heterocycles. The summed E-state index contributed by atoms with van der Waals surface area (Å²) in [5, 5.41) is 0.281. The third kappa shape index (κ3) is 2.28. The molecule has 3 aromatic rings. The van der Waals surface area contributed by atoms with Gasteiger partial charge in [-0.3, -0.25) is 18.6 Å². The van der Waals surface area contributed by atoms with E-state index in [2.05, 4.69) is 10.3 Å². The molecular formula is C15H12ClN3O3. The zero-order valence-electron chi connectivity index (χ0n) is 11.6. The third-order valence-electron chi connectivity index (χ3n) is 3.21. The molecule has 0 aliphatic carbocycles. The van der Waals surface area contributed by atoms with Crippen LogP contribution in [-0.4, -0.2) is 22.0 Å². The highest BCUT2D eigenvalue weighted by atomic mass is 35.5. The zero-order chi connectivity index (χ0) is 15.7. The molecule has 0 bridgehead atoms. The van der Waals surface area contributed by atoms with Gasteiger partial charge in [0.25, 0.3) is 5.91 Å². The van der Waals surface area contributed by atoms with E-state index in [4.69, 9.17) is 11.6 Å². The molecule has 1 N–H and O–H groups in total. The first-order valence-electron chi connectivity index (χ1n) is 6.45. The van der Waals surface area contributed by atoms with E-state index in [0.29, 0.717) is 11.2 Å². The summed E-state index contributed by atoms with van der Waals surface area (Å²) in [6.45, 7) is 0. The van der Waals surface area contributed by atoms with Crippen LogP contribution in [0.25, 0.3) is 11.2 Å². The Bertz CT molecular complexity index is 900. The molecule has 1 aromatic carbocycles. The second-order valence-electron chi connectivity index (χ2n) is 4.53. The number of amides is 1. The van der Waals surface area contributed by atoms with Crippen LogP contribution in [0.2, 0.25) is 5.15 Å². The number of nitrogens with zero attached hydrogens (tertiary/aromatic N) is 2. The number of carbonyl (C=O) groups excluding carboxylic acids is 1. The lowest BCUT2D eigenvalue weighted by atomic mass is 10.2. The molecular weight excluding hydrogens is 306 g/mol. The molecule has 2 heterocycles. The number of para-hydroxylation sites is 1. The number of nitrogens with one attached hydrogen (secondary N) is 1. The van der Waals surface area contributed by atoms with Crippen molar-refractivity contribution in [2.45, 2.75) is 0 Å². The maximum Gasteiger partial charge on any atom is 0.339 e. The van der Waals surface area contributed by atoms with Crippen molar-refractivity contribution < 1.29 is 9.63 Å². The molecule has 0 spiro atoms. The van der Waals surface area contributed by atoms with Crippen molar-refractivity contribution in [1.82, 2.24) is 14.4 Å². The molecule has 0 saturated heterocycles. The normalized spacial score (nSPS) is 10.8. The number of rotatable bonds is 3. The van der Waals surface area contributed by atoms with Gasteiger partial charge < -0.3 is 0 Å². The topological polar surface area (TPSA) is 64.7 Å². The van der Waals surface area contributed by atoms with Gasteiger partial charge in [-0.15, -0.1) is 0 Å². The Morgan fingerprint density at radius 3 is 2.59 bits per heavy atom. The van der Waals surface area contributed by atoms with Crippen LogP contribution in [-0.2, 0) is 4.84 Å². The van der Waals surface area contributed by atoms with E-state index in [-0.39, 0.29) is 10.8 Å². The van der Waals surface area contributed by atoms with Crippen LogP contribution in [0.1, 0.15) is 10.5 Å². The van der Waals surface area contributed by atoms with Gasteiger partial charge in [0.1, 0.15) is 10.8 Å². The van der Waals surface area contributed by atoms with Crippen LogP contribution in [0.15, 0.2) is 53.3 Å². The number of hydrogen-bond acceptors (Lipinski definition) is 3. The Morgan fingerprint density at radius 2 is 1.91 bits per heavy atom. The highest BCUT2D eigenvalue weighted by Crippen LogP contribution is 2.16. The van der Waals surface area contributed by atoms with Crippen LogP contribution in [0.3, 0.4) is 0 Å². The molecule has 0 fully saturated rings. The molecule has 22 heavy (non-hydrogen) atoms. The zero-order valence-corrected chi connectivity index (χ0v) is 12.4. The summed E-state index contributed by atoms with van der Waals surface area (Å²) in [7, 11) is 1.33. The van der Waals surface area contributed by atoms with Crippen molar-refractivity contribution in [1.29, 1.82) is 0 Å². The Kier molecular flexibility index (Phi) is 3.70. The summed E-state index contributed by atoms with van der Waals surface area (Å²) >= 11 is 6.05. The summed E-state index contributed by atoms with van der Waals surface area (Å²) < 4.78 is 2.62. The Labute approximate surface area is 130 Å². The molecule has 6 nitrogen and oxygen atoms in total. The summed E-state index contributed by atoms with van der Waals surface area (Å²) in [6.07, 6.45) is 0. The van der Waals surface area contributed by atoms with Crippen molar-refractivity contribution in [3.05, 3.63) is 69.9 Å². The van der Waals surface area contributed by atoms with Crippen LogP contribution < -0.4 is 11.2 Å². The number of fused-ring (bicyclic) bond motifs is 1. The van der Waals surface area contributed by atoms with Gasteiger partial charge >= 0.3 is 5.69 Å². The van der Waals surface area contributed by atoms with Gasteiger partial charge in [-0.25, -0.2) is 10.3 Å². The maximum absolute atomic E-state index is 12.8. The van der Waals surface area contributed by atoms with E-state index in [1.807, 2.05) is 6.07 Å². The quantitative estimate of drug-likeness (QED) is 0.752. The smallest absolute Gasteiger partial charge is 0.277 e. The Balaban J connectivity index is 2.37. The predicted octanol–water partition coefficient (Wildman–Crippen LogP) is 2.03. The van der Waals surface area contributed by atoms with Gasteiger partial charge in [0.05, 0.1) is 18.3 Å². The van der Waals surface area contributed by atoms with Crippen molar-refractivity contribution >= 4 is 23.0 Å². The van der Waals surface area contributed by atoms with E-state index < -0.39 is 11.6 Å². The standard InChI is InChI=1S/C15H12ClN3O3/c1-22-17-14(20)12-9-11-7-8-13(16)19(11)15(21)18(12)10-5-3-2-4-6-10/h2-9H,1H3,(H,17,20). The molecule has 2 aromatic heterocycles. The van der Waals surface area contributed by atoms with Gasteiger partial charge in [0, 0.05) is 0 Å². The summed E-state index contributed by atoms with van der Waals surface area (Å²) in [5.74, 6) is -0.525. The van der Waals surface area contributed by atoms with Gasteiger partial charge in [-0.2, -0.15) is 0 Å². The maximum atomic E-state index is 12.8. The van der Waals surface area contributed by atoms with Gasteiger partial charge in [0.2, 0.25) is 0 Å². The first kappa shape index (κ1) is 14.4. The summed E-state index contributed by atoms with van der Waals surface area (Å²) in [5.41, 5.74) is 3.04. The molecule has 0 aliphatic rings. The average Bonchev–Trinajstić information content (AvgIpc) is 2.90. The van der Waals surface area contributed by atoms with Crippen molar-refractivity contribution in [3.63, 3.8) is 0 Å². The average molecular weight is 318 g/mol. The number of hydroxylamine groups is 1. The first-order chi connectivity index (χ1) is 10.6. The van der Waals surface area contributed by atoms with E-state index >= 15 is 0 Å². The second kappa shape index (κ2) is 5.67. The molecule has 112 valence electrons. The fraction of sp³-hybridized carbons (Fsp3) is 0.0667. The molecule has 0 unspecified atom stereocenters. The first-order valence-corrected chi connectivity index (χ1v) is 6.83. The molecule has 0 radical (unpaired) electrons. The van der Waals surface area contributed by atoms with Crippen LogP contribution >= 0.6 is 11.6 Å². The van der Waals surface area contributed by atoms with E-state index in [1.165, 1.54) is 16.1 Å². The fourth-order valence-corrected chi connectivity index (χ4v) is 2.52. The van der Waals surface area contributed by atoms with E-state index in [9.17, 15) is 9.59 Å². The van der Waals surface area contributed by atoms with Crippen LogP contribution in [0.4, 0.5) is 0 Å². The van der Waals surface area contributed by atoms with E-state index in [1.54, 1.807) is 42.5 Å². The fourth-order valence-electron chi connectivity index (χ4n) is 2.29. The Hall–Kier alpha value is -2.57. The summed E-state index contributed by atoms with van der Waals surface area (Å²) in [6, 6.07) is 13.7. The van der Waals surface area contributed by atoms with Crippen LogP contribution in [0, 0.1) is 0 Å². The van der Waals surface area contributed by atoms with Gasteiger partial charge in [-0.05, 0) is 30.3 Å². The predicted molar refractivity (Wildman–Crippen MR) is 82.5 cm³/mol. The molecule has 3 rings (SSSR count). The molecule has 0 saturated carbocycles. The highest BCUT2D eigenvalue weighted by Gasteiger charge is 2.18. The van der Waals surface area contributed by atoms with Crippen molar-refractivity contribution in [2.24, 2.45) is 0 Å². The van der Waals surface area contributed by atoms with Crippen molar-refractivity contribution in [3.8, 4) is 5.69 Å². The minimum atomic E-state index is -0.525. The molecule has 7 heteroatoms. The molecule has 1 amide bonds. The third-order valence-corrected chi connectivity index (χ3v) is 3.51. The number of benzene rings is 1. The van der Waals surface area contributed by atoms with Gasteiger partial charge in [0.15, 0.2) is 0 Å². The lowest BCUT2D eigenvalue weighted by Crippen LogP contribution is -2.34. The van der Waals surface area contributed by atoms with Crippen molar-refractivity contribution in [2.75, 3.05) is 7.11 Å². The minimum absolute atomic E-state index is 0.153. The number of carbonyl (C=O) groups is 1. The number of hydrogen-bond donors (Lipinski definition) is 1. The minimum Gasteiger partial charge on any atom is -0.277 e. The molecule has 0 atom stereocenters. The van der Waals surface area contributed by atoms with Crippen LogP contribution in [0.5, 0.6) is 0 Å². The lowest BCUT2D eigenvalue weighted by Gasteiger charge is -2.13. The highest BCUT2D eigenvalue weighted by molar-refractivity contribution is 6.30. The van der Waals surface area contributed by atoms with Gasteiger partial charge in [-0.1, -0.05) is 29.8 Å². The second-order valence-corrected chi connectivity index (χ2v) is 4.92. The lowest BCUT2D eigenvalue weighted by molar-refractivity contribution is 0.0529. The Morgan fingerprint density at radius 1 is 1.18 bits per heavy atom. The number of aromatic nitrogens is 2. The SMILES string of the molecule is CONC(=O)c1cc2ccc(Cl)n2c(=O)n1-c1ccccc1. The monoisotopic (exact) mass is 317 g/mol. The van der Waals surface area contributed by atoms with E-state index in [0.717, 1.165) is 0 Å². The number of halogens is 1.